The molecule has 4 heteroatoms. The number of hydrogen-bond donors (Lipinski definition) is 1. The Labute approximate surface area is 99.7 Å². The third-order valence-corrected chi connectivity index (χ3v) is 2.93. The van der Waals surface area contributed by atoms with Crippen molar-refractivity contribution in [3.8, 4) is 0 Å². The molecule has 0 spiro atoms. The van der Waals surface area contributed by atoms with Crippen LogP contribution in [0.25, 0.3) is 0 Å². The van der Waals surface area contributed by atoms with Crippen LogP contribution in [0.1, 0.15) is 12.5 Å². The van der Waals surface area contributed by atoms with E-state index in [1.807, 2.05) is 25.1 Å². The lowest BCUT2D eigenvalue weighted by Crippen LogP contribution is -2.31. The van der Waals surface area contributed by atoms with Crippen molar-refractivity contribution in [3.05, 3.63) is 28.8 Å². The van der Waals surface area contributed by atoms with Gasteiger partial charge >= 0.3 is 5.97 Å². The van der Waals surface area contributed by atoms with Gasteiger partial charge in [0.1, 0.15) is 0 Å². The first-order valence-electron chi connectivity index (χ1n) is 5.39. The van der Waals surface area contributed by atoms with Crippen molar-refractivity contribution in [2.75, 3.05) is 18.5 Å². The van der Waals surface area contributed by atoms with Crippen molar-refractivity contribution in [2.24, 2.45) is 5.92 Å². The Morgan fingerprint density at radius 3 is 3.19 bits per heavy atom. The Morgan fingerprint density at radius 2 is 2.44 bits per heavy atom. The summed E-state index contributed by atoms with van der Waals surface area (Å²) in [7, 11) is 0. The summed E-state index contributed by atoms with van der Waals surface area (Å²) in [6.45, 7) is 2.88. The SMILES string of the molecule is CCOC(=O)[C@@H]1CNc2ccc(Cl)cc2C1. The summed E-state index contributed by atoms with van der Waals surface area (Å²) in [6, 6.07) is 5.69. The number of nitrogens with one attached hydrogen (secondary N) is 1. The lowest BCUT2D eigenvalue weighted by molar-refractivity contribution is -0.147. The molecule has 1 aliphatic heterocycles. The molecule has 0 radical (unpaired) electrons. The third-order valence-electron chi connectivity index (χ3n) is 2.69. The zero-order chi connectivity index (χ0) is 11.5. The first-order valence-corrected chi connectivity index (χ1v) is 5.77. The van der Waals surface area contributed by atoms with Crippen LogP contribution in [0.4, 0.5) is 5.69 Å². The molecule has 86 valence electrons. The van der Waals surface area contributed by atoms with Gasteiger partial charge in [-0.2, -0.15) is 0 Å². The van der Waals surface area contributed by atoms with Crippen molar-refractivity contribution >= 4 is 23.3 Å². The fraction of sp³-hybridized carbons (Fsp3) is 0.417. The van der Waals surface area contributed by atoms with Crippen LogP contribution in [0, 0.1) is 5.92 Å². The minimum atomic E-state index is -0.138. The Kier molecular flexibility index (Phi) is 3.34. The molecule has 0 saturated carbocycles. The van der Waals surface area contributed by atoms with Crippen LogP contribution in [-0.2, 0) is 16.0 Å². The van der Waals surface area contributed by atoms with E-state index in [9.17, 15) is 4.79 Å². The van der Waals surface area contributed by atoms with Gasteiger partial charge in [-0.05, 0) is 37.1 Å². The van der Waals surface area contributed by atoms with E-state index in [1.165, 1.54) is 0 Å². The van der Waals surface area contributed by atoms with Gasteiger partial charge in [-0.1, -0.05) is 11.6 Å². The fourth-order valence-corrected chi connectivity index (χ4v) is 2.10. The topological polar surface area (TPSA) is 38.3 Å². The monoisotopic (exact) mass is 239 g/mol. The van der Waals surface area contributed by atoms with Gasteiger partial charge in [0, 0.05) is 17.3 Å². The molecule has 1 aromatic rings. The summed E-state index contributed by atoms with van der Waals surface area (Å²) in [5, 5.41) is 3.92. The molecule has 3 nitrogen and oxygen atoms in total. The van der Waals surface area contributed by atoms with Gasteiger partial charge in [0.25, 0.3) is 0 Å². The molecule has 1 aromatic carbocycles. The van der Waals surface area contributed by atoms with E-state index in [0.29, 0.717) is 24.6 Å². The van der Waals surface area contributed by atoms with Crippen LogP contribution in [0.3, 0.4) is 0 Å². The first kappa shape index (κ1) is 11.3. The molecule has 0 aromatic heterocycles. The van der Waals surface area contributed by atoms with E-state index < -0.39 is 0 Å². The number of esters is 1. The highest BCUT2D eigenvalue weighted by atomic mass is 35.5. The predicted molar refractivity (Wildman–Crippen MR) is 63.8 cm³/mol. The van der Waals surface area contributed by atoms with Gasteiger partial charge in [-0.15, -0.1) is 0 Å². The average Bonchev–Trinajstić information content (AvgIpc) is 2.28. The molecule has 0 unspecified atom stereocenters. The number of rotatable bonds is 2. The Morgan fingerprint density at radius 1 is 1.62 bits per heavy atom. The largest absolute Gasteiger partial charge is 0.466 e. The van der Waals surface area contributed by atoms with Gasteiger partial charge in [0.2, 0.25) is 0 Å². The van der Waals surface area contributed by atoms with Crippen molar-refractivity contribution in [1.29, 1.82) is 0 Å². The normalized spacial score (nSPS) is 18.5. The smallest absolute Gasteiger partial charge is 0.311 e. The van der Waals surface area contributed by atoms with Crippen LogP contribution in [0.15, 0.2) is 18.2 Å². The number of carbonyl (C=O) groups excluding carboxylic acids is 1. The summed E-state index contributed by atoms with van der Waals surface area (Å²) in [5.74, 6) is -0.244. The highest BCUT2D eigenvalue weighted by Gasteiger charge is 2.25. The Hall–Kier alpha value is -1.22. The highest BCUT2D eigenvalue weighted by Crippen LogP contribution is 2.27. The summed E-state index contributed by atoms with van der Waals surface area (Å²) < 4.78 is 5.01. The van der Waals surface area contributed by atoms with Crippen molar-refractivity contribution < 1.29 is 9.53 Å². The summed E-state index contributed by atoms with van der Waals surface area (Å²) in [6.07, 6.45) is 0.696. The molecule has 1 heterocycles. The summed E-state index contributed by atoms with van der Waals surface area (Å²) in [5.41, 5.74) is 2.14. The van der Waals surface area contributed by atoms with Crippen LogP contribution >= 0.6 is 11.6 Å². The van der Waals surface area contributed by atoms with Gasteiger partial charge < -0.3 is 10.1 Å². The third kappa shape index (κ3) is 2.30. The fourth-order valence-electron chi connectivity index (χ4n) is 1.90. The number of anilines is 1. The number of hydrogen-bond acceptors (Lipinski definition) is 3. The second-order valence-corrected chi connectivity index (χ2v) is 4.27. The Bertz CT molecular complexity index is 406. The molecule has 1 N–H and O–H groups in total. The van der Waals surface area contributed by atoms with E-state index in [0.717, 1.165) is 11.3 Å². The van der Waals surface area contributed by atoms with Crippen molar-refractivity contribution in [2.45, 2.75) is 13.3 Å². The van der Waals surface area contributed by atoms with E-state index in [-0.39, 0.29) is 11.9 Å². The maximum Gasteiger partial charge on any atom is 0.311 e. The van der Waals surface area contributed by atoms with Crippen LogP contribution in [0.2, 0.25) is 5.02 Å². The molecule has 0 bridgehead atoms. The van der Waals surface area contributed by atoms with Crippen LogP contribution in [-0.4, -0.2) is 19.1 Å². The van der Waals surface area contributed by atoms with Crippen LogP contribution < -0.4 is 5.32 Å². The predicted octanol–water partition coefficient (Wildman–Crippen LogP) is 2.49. The molecule has 0 fully saturated rings. The molecule has 16 heavy (non-hydrogen) atoms. The zero-order valence-electron chi connectivity index (χ0n) is 9.13. The molecule has 1 atom stereocenters. The highest BCUT2D eigenvalue weighted by molar-refractivity contribution is 6.30. The number of benzene rings is 1. The minimum Gasteiger partial charge on any atom is -0.466 e. The van der Waals surface area contributed by atoms with Crippen molar-refractivity contribution in [1.82, 2.24) is 0 Å². The van der Waals surface area contributed by atoms with E-state index in [1.54, 1.807) is 0 Å². The lowest BCUT2D eigenvalue weighted by atomic mass is 9.94. The second-order valence-electron chi connectivity index (χ2n) is 3.84. The maximum absolute atomic E-state index is 11.6. The first-order chi connectivity index (χ1) is 7.70. The quantitative estimate of drug-likeness (QED) is 0.806. The molecule has 0 saturated heterocycles. The number of halogens is 1. The molecular weight excluding hydrogens is 226 g/mol. The van der Waals surface area contributed by atoms with Gasteiger partial charge in [0.15, 0.2) is 0 Å². The van der Waals surface area contributed by atoms with Gasteiger partial charge in [-0.3, -0.25) is 4.79 Å². The van der Waals surface area contributed by atoms with E-state index >= 15 is 0 Å². The number of fused-ring (bicyclic) bond motifs is 1. The lowest BCUT2D eigenvalue weighted by Gasteiger charge is -2.24. The van der Waals surface area contributed by atoms with Gasteiger partial charge in [-0.25, -0.2) is 0 Å². The molecular formula is C12H14ClNO2. The van der Waals surface area contributed by atoms with Crippen molar-refractivity contribution in [3.63, 3.8) is 0 Å². The molecule has 0 aliphatic carbocycles. The average molecular weight is 240 g/mol. The van der Waals surface area contributed by atoms with Crippen LogP contribution in [0.5, 0.6) is 0 Å². The van der Waals surface area contributed by atoms with E-state index in [4.69, 9.17) is 16.3 Å². The summed E-state index contributed by atoms with van der Waals surface area (Å²) in [4.78, 5) is 11.6. The van der Waals surface area contributed by atoms with E-state index in [2.05, 4.69) is 5.32 Å². The van der Waals surface area contributed by atoms with Gasteiger partial charge in [0.05, 0.1) is 12.5 Å². The zero-order valence-corrected chi connectivity index (χ0v) is 9.88. The Balaban J connectivity index is 2.13. The molecule has 1 aliphatic rings. The number of carbonyl (C=O) groups is 1. The molecule has 2 rings (SSSR count). The minimum absolute atomic E-state index is 0.106. The second kappa shape index (κ2) is 4.74. The number of ether oxygens (including phenoxy) is 1. The maximum atomic E-state index is 11.6. The summed E-state index contributed by atoms with van der Waals surface area (Å²) >= 11 is 5.92. The molecule has 0 amide bonds. The standard InChI is InChI=1S/C12H14ClNO2/c1-2-16-12(15)9-5-8-6-10(13)3-4-11(8)14-7-9/h3-4,6,9,14H,2,5,7H2,1H3/t9-/m0/s1.